The van der Waals surface area contributed by atoms with Gasteiger partial charge >= 0.3 is 5.97 Å². The zero-order valence-electron chi connectivity index (χ0n) is 12.2. The molecule has 114 valence electrons. The number of nitrogens with one attached hydrogen (secondary N) is 1. The maximum atomic E-state index is 12.2. The van der Waals surface area contributed by atoms with Crippen molar-refractivity contribution in [3.63, 3.8) is 0 Å². The first-order valence-corrected chi connectivity index (χ1v) is 7.94. The lowest BCUT2D eigenvalue weighted by Gasteiger charge is -2.24. The summed E-state index contributed by atoms with van der Waals surface area (Å²) in [5.74, 6) is -1.44. The third-order valence-corrected chi connectivity index (χ3v) is 3.43. The van der Waals surface area contributed by atoms with Gasteiger partial charge < -0.3 is 4.74 Å². The fraction of sp³-hybridized carbons (Fsp3) is 0.429. The van der Waals surface area contributed by atoms with Crippen molar-refractivity contribution in [1.29, 1.82) is 5.26 Å². The van der Waals surface area contributed by atoms with Gasteiger partial charge in [0, 0.05) is 0 Å². The first-order chi connectivity index (χ1) is 9.64. The lowest BCUT2D eigenvalue weighted by molar-refractivity contribution is -0.157. The zero-order valence-corrected chi connectivity index (χ0v) is 13.0. The number of rotatable bonds is 5. The van der Waals surface area contributed by atoms with Gasteiger partial charge in [0.05, 0.1) is 6.07 Å². The standard InChI is InChI=1S/C14H18N2O4S/c1-14(2,3)20-13(17)12(11-7-5-4-6-8-11)16-21(18,19)10-9-15/h4-8,12,16H,10H2,1-3H3/t12-/m0/s1. The molecule has 0 aromatic heterocycles. The summed E-state index contributed by atoms with van der Waals surface area (Å²) >= 11 is 0. The molecular formula is C14H18N2O4S. The van der Waals surface area contributed by atoms with Gasteiger partial charge in [0.15, 0.2) is 5.75 Å². The molecule has 7 heteroatoms. The summed E-state index contributed by atoms with van der Waals surface area (Å²) in [5.41, 5.74) is -0.293. The molecule has 0 saturated carbocycles. The number of esters is 1. The summed E-state index contributed by atoms with van der Waals surface area (Å²) in [6.45, 7) is 5.07. The molecule has 0 unspecified atom stereocenters. The minimum Gasteiger partial charge on any atom is -0.459 e. The molecule has 0 heterocycles. The quantitative estimate of drug-likeness (QED) is 0.832. The largest absolute Gasteiger partial charge is 0.459 e. The number of carbonyl (C=O) groups is 1. The van der Waals surface area contributed by atoms with Crippen LogP contribution in [0.3, 0.4) is 0 Å². The molecule has 1 rings (SSSR count). The van der Waals surface area contributed by atoms with E-state index in [9.17, 15) is 13.2 Å². The number of nitrogens with zero attached hydrogens (tertiary/aromatic N) is 1. The Labute approximate surface area is 124 Å². The summed E-state index contributed by atoms with van der Waals surface area (Å²) < 4.78 is 30.9. The third kappa shape index (κ3) is 5.94. The Balaban J connectivity index is 3.08. The molecule has 0 fully saturated rings. The van der Waals surface area contributed by atoms with Crippen LogP contribution in [0.2, 0.25) is 0 Å². The predicted molar refractivity (Wildman–Crippen MR) is 77.6 cm³/mol. The second-order valence-corrected chi connectivity index (χ2v) is 7.17. The monoisotopic (exact) mass is 310 g/mol. The Morgan fingerprint density at radius 3 is 2.38 bits per heavy atom. The van der Waals surface area contributed by atoms with Gasteiger partial charge in [0.2, 0.25) is 10.0 Å². The van der Waals surface area contributed by atoms with E-state index in [0.29, 0.717) is 5.56 Å². The Morgan fingerprint density at radius 2 is 1.90 bits per heavy atom. The second-order valence-electron chi connectivity index (χ2n) is 5.41. The number of ether oxygens (including phenoxy) is 1. The highest BCUT2D eigenvalue weighted by atomic mass is 32.2. The maximum absolute atomic E-state index is 12.2. The van der Waals surface area contributed by atoms with Gasteiger partial charge in [-0.25, -0.2) is 13.2 Å². The van der Waals surface area contributed by atoms with E-state index in [2.05, 4.69) is 4.72 Å². The van der Waals surface area contributed by atoms with Crippen LogP contribution in [0, 0.1) is 11.3 Å². The van der Waals surface area contributed by atoms with Crippen LogP contribution >= 0.6 is 0 Å². The number of benzene rings is 1. The fourth-order valence-corrected chi connectivity index (χ4v) is 2.41. The number of nitriles is 1. The summed E-state index contributed by atoms with van der Waals surface area (Å²) in [6.07, 6.45) is 0. The summed E-state index contributed by atoms with van der Waals surface area (Å²) in [4.78, 5) is 12.2. The van der Waals surface area contributed by atoms with Gasteiger partial charge in [-0.15, -0.1) is 0 Å². The van der Waals surface area contributed by atoms with Crippen molar-refractivity contribution in [3.8, 4) is 6.07 Å². The van der Waals surface area contributed by atoms with Crippen molar-refractivity contribution < 1.29 is 17.9 Å². The SMILES string of the molecule is CC(C)(C)OC(=O)[C@@H](NS(=O)(=O)CC#N)c1ccccc1. The minimum absolute atomic E-state index is 0.452. The molecule has 0 aliphatic carbocycles. The molecule has 0 radical (unpaired) electrons. The average molecular weight is 310 g/mol. The highest BCUT2D eigenvalue weighted by molar-refractivity contribution is 7.89. The number of carbonyl (C=O) groups excluding carboxylic acids is 1. The zero-order chi connectivity index (χ0) is 16.1. The molecule has 0 aliphatic rings. The van der Waals surface area contributed by atoms with E-state index in [-0.39, 0.29) is 0 Å². The summed E-state index contributed by atoms with van der Waals surface area (Å²) in [6, 6.07) is 8.72. The number of sulfonamides is 1. The van der Waals surface area contributed by atoms with E-state index >= 15 is 0 Å². The Bertz CT molecular complexity index is 627. The van der Waals surface area contributed by atoms with Crippen molar-refractivity contribution in [1.82, 2.24) is 4.72 Å². The molecule has 0 aliphatic heterocycles. The van der Waals surface area contributed by atoms with Crippen LogP contribution in [-0.4, -0.2) is 25.7 Å². The normalized spacial score (nSPS) is 13.2. The summed E-state index contributed by atoms with van der Waals surface area (Å²) in [7, 11) is -3.89. The molecule has 6 nitrogen and oxygen atoms in total. The van der Waals surface area contributed by atoms with E-state index in [1.807, 2.05) is 0 Å². The molecule has 1 aromatic rings. The average Bonchev–Trinajstić information content (AvgIpc) is 2.35. The van der Waals surface area contributed by atoms with Crippen LogP contribution < -0.4 is 4.72 Å². The first kappa shape index (κ1) is 17.1. The van der Waals surface area contributed by atoms with E-state index in [1.165, 1.54) is 0 Å². The first-order valence-electron chi connectivity index (χ1n) is 6.29. The maximum Gasteiger partial charge on any atom is 0.329 e. The van der Waals surface area contributed by atoms with Gasteiger partial charge in [-0.05, 0) is 26.3 Å². The molecule has 1 atom stereocenters. The van der Waals surface area contributed by atoms with Crippen LogP contribution in [0.25, 0.3) is 0 Å². The van der Waals surface area contributed by atoms with Crippen LogP contribution in [0.1, 0.15) is 32.4 Å². The predicted octanol–water partition coefficient (Wildman–Crippen LogP) is 1.51. The molecule has 0 bridgehead atoms. The van der Waals surface area contributed by atoms with Crippen LogP contribution in [0.15, 0.2) is 30.3 Å². The van der Waals surface area contributed by atoms with Gasteiger partial charge in [0.1, 0.15) is 11.6 Å². The Hall–Kier alpha value is -1.91. The van der Waals surface area contributed by atoms with E-state index in [1.54, 1.807) is 57.2 Å². The van der Waals surface area contributed by atoms with Crippen LogP contribution in [0.4, 0.5) is 0 Å². The molecule has 21 heavy (non-hydrogen) atoms. The van der Waals surface area contributed by atoms with Crippen LogP contribution in [0.5, 0.6) is 0 Å². The molecular weight excluding hydrogens is 292 g/mol. The lowest BCUT2D eigenvalue weighted by atomic mass is 10.1. The van der Waals surface area contributed by atoms with Gasteiger partial charge in [0.25, 0.3) is 0 Å². The van der Waals surface area contributed by atoms with Crippen molar-refractivity contribution in [2.45, 2.75) is 32.4 Å². The highest BCUT2D eigenvalue weighted by Crippen LogP contribution is 2.19. The molecule has 1 aromatic carbocycles. The van der Waals surface area contributed by atoms with Crippen molar-refractivity contribution in [2.75, 3.05) is 5.75 Å². The van der Waals surface area contributed by atoms with Gasteiger partial charge in [-0.1, -0.05) is 30.3 Å². The third-order valence-electron chi connectivity index (χ3n) is 2.33. The fourth-order valence-electron chi connectivity index (χ4n) is 1.56. The van der Waals surface area contributed by atoms with Crippen molar-refractivity contribution in [2.24, 2.45) is 0 Å². The van der Waals surface area contributed by atoms with E-state index < -0.39 is 33.4 Å². The number of hydrogen-bond acceptors (Lipinski definition) is 5. The molecule has 0 spiro atoms. The summed E-state index contributed by atoms with van der Waals surface area (Å²) in [5, 5.41) is 8.53. The van der Waals surface area contributed by atoms with Crippen molar-refractivity contribution in [3.05, 3.63) is 35.9 Å². The lowest BCUT2D eigenvalue weighted by Crippen LogP contribution is -2.38. The smallest absolute Gasteiger partial charge is 0.329 e. The topological polar surface area (TPSA) is 96.3 Å². The number of hydrogen-bond donors (Lipinski definition) is 1. The molecule has 0 amide bonds. The van der Waals surface area contributed by atoms with Crippen molar-refractivity contribution >= 4 is 16.0 Å². The van der Waals surface area contributed by atoms with Gasteiger partial charge in [-0.3, -0.25) is 0 Å². The van der Waals surface area contributed by atoms with Crippen LogP contribution in [-0.2, 0) is 19.6 Å². The Kier molecular flexibility index (Phi) is 5.47. The second kappa shape index (κ2) is 6.70. The Morgan fingerprint density at radius 1 is 1.33 bits per heavy atom. The highest BCUT2D eigenvalue weighted by Gasteiger charge is 2.30. The van der Waals surface area contributed by atoms with E-state index in [4.69, 9.17) is 10.00 Å². The van der Waals surface area contributed by atoms with Gasteiger partial charge in [-0.2, -0.15) is 9.98 Å². The molecule has 1 N–H and O–H groups in total. The molecule has 0 saturated heterocycles. The van der Waals surface area contributed by atoms with E-state index in [0.717, 1.165) is 0 Å². The minimum atomic E-state index is -3.89.